The van der Waals surface area contributed by atoms with Crippen LogP contribution in [0.1, 0.15) is 38.8 Å². The van der Waals surface area contributed by atoms with Crippen LogP contribution in [0, 0.1) is 0 Å². The second-order valence-electron chi connectivity index (χ2n) is 6.69. The maximum atomic E-state index is 12.8. The fraction of sp³-hybridized carbons (Fsp3) is 0.0870. The van der Waals surface area contributed by atoms with Gasteiger partial charge in [0.1, 0.15) is 6.04 Å². The summed E-state index contributed by atoms with van der Waals surface area (Å²) < 4.78 is 0. The fourth-order valence-electron chi connectivity index (χ4n) is 3.28. The van der Waals surface area contributed by atoms with Gasteiger partial charge in [-0.3, -0.25) is 14.4 Å². The van der Waals surface area contributed by atoms with Crippen molar-refractivity contribution < 1.29 is 14.4 Å². The molecule has 2 N–H and O–H groups in total. The SMILES string of the molecule is C[C@@H](Nc1ccccc1)C(=O)Nc1ccc2c(c1)C(=O)c1ccccc1C2=O. The Hall–Kier alpha value is -3.73. The van der Waals surface area contributed by atoms with Gasteiger partial charge in [0.2, 0.25) is 5.91 Å². The molecule has 0 spiro atoms. The summed E-state index contributed by atoms with van der Waals surface area (Å²) in [5.41, 5.74) is 2.79. The number of carbonyl (C=O) groups excluding carboxylic acids is 3. The van der Waals surface area contributed by atoms with Crippen molar-refractivity contribution in [1.82, 2.24) is 0 Å². The molecule has 1 aliphatic rings. The molecule has 0 saturated carbocycles. The highest BCUT2D eigenvalue weighted by Crippen LogP contribution is 2.29. The summed E-state index contributed by atoms with van der Waals surface area (Å²) in [7, 11) is 0. The molecule has 0 unspecified atom stereocenters. The highest BCUT2D eigenvalue weighted by atomic mass is 16.2. The lowest BCUT2D eigenvalue weighted by Gasteiger charge is -2.19. The number of anilines is 2. The van der Waals surface area contributed by atoms with E-state index in [4.69, 9.17) is 0 Å². The van der Waals surface area contributed by atoms with E-state index >= 15 is 0 Å². The summed E-state index contributed by atoms with van der Waals surface area (Å²) in [6, 6.07) is 20.5. The molecule has 5 nitrogen and oxygen atoms in total. The minimum atomic E-state index is -0.475. The van der Waals surface area contributed by atoms with Gasteiger partial charge < -0.3 is 10.6 Å². The molecule has 28 heavy (non-hydrogen) atoms. The van der Waals surface area contributed by atoms with Crippen LogP contribution in [0.15, 0.2) is 72.8 Å². The van der Waals surface area contributed by atoms with E-state index in [0.29, 0.717) is 27.9 Å². The van der Waals surface area contributed by atoms with Crippen molar-refractivity contribution in [3.05, 3.63) is 95.1 Å². The average molecular weight is 370 g/mol. The normalized spacial score (nSPS) is 13.3. The van der Waals surface area contributed by atoms with Gasteiger partial charge in [-0.1, -0.05) is 42.5 Å². The average Bonchev–Trinajstić information content (AvgIpc) is 2.72. The van der Waals surface area contributed by atoms with Crippen molar-refractivity contribution in [2.75, 3.05) is 10.6 Å². The number of para-hydroxylation sites is 1. The third-order valence-corrected chi connectivity index (χ3v) is 4.74. The number of benzene rings is 3. The zero-order valence-electron chi connectivity index (χ0n) is 15.2. The standard InChI is InChI=1S/C23H18N2O3/c1-14(24-15-7-3-2-4-8-15)23(28)25-16-11-12-19-20(13-16)22(27)18-10-6-5-9-17(18)21(19)26/h2-14,24H,1H3,(H,25,28)/t14-/m1/s1. The van der Waals surface area contributed by atoms with Gasteiger partial charge in [-0.15, -0.1) is 0 Å². The lowest BCUT2D eigenvalue weighted by atomic mass is 9.84. The summed E-state index contributed by atoms with van der Waals surface area (Å²) in [5.74, 6) is -0.627. The third kappa shape index (κ3) is 3.18. The maximum absolute atomic E-state index is 12.8. The van der Waals surface area contributed by atoms with Crippen LogP contribution in [-0.2, 0) is 4.79 Å². The summed E-state index contributed by atoms with van der Waals surface area (Å²) >= 11 is 0. The van der Waals surface area contributed by atoms with Gasteiger partial charge >= 0.3 is 0 Å². The molecule has 0 saturated heterocycles. The Balaban J connectivity index is 1.55. The Kier molecular flexibility index (Phi) is 4.49. The minimum Gasteiger partial charge on any atom is -0.374 e. The molecule has 5 heteroatoms. The van der Waals surface area contributed by atoms with E-state index in [1.807, 2.05) is 30.3 Å². The third-order valence-electron chi connectivity index (χ3n) is 4.74. The van der Waals surface area contributed by atoms with E-state index in [1.54, 1.807) is 49.4 Å². The molecule has 0 heterocycles. The molecule has 138 valence electrons. The Morgan fingerprint density at radius 1 is 0.714 bits per heavy atom. The molecule has 3 aromatic carbocycles. The summed E-state index contributed by atoms with van der Waals surface area (Å²) in [6.45, 7) is 1.76. The number of nitrogens with one attached hydrogen (secondary N) is 2. The first-order valence-corrected chi connectivity index (χ1v) is 8.99. The van der Waals surface area contributed by atoms with Gasteiger partial charge in [-0.05, 0) is 37.3 Å². The number of carbonyl (C=O) groups is 3. The largest absolute Gasteiger partial charge is 0.374 e. The second kappa shape index (κ2) is 7.12. The van der Waals surface area contributed by atoms with Crippen LogP contribution >= 0.6 is 0 Å². The van der Waals surface area contributed by atoms with Gasteiger partial charge in [0.15, 0.2) is 11.6 Å². The fourth-order valence-corrected chi connectivity index (χ4v) is 3.28. The summed E-state index contributed by atoms with van der Waals surface area (Å²) in [6.07, 6.45) is 0. The van der Waals surface area contributed by atoms with Crippen LogP contribution < -0.4 is 10.6 Å². The minimum absolute atomic E-state index is 0.179. The van der Waals surface area contributed by atoms with E-state index in [2.05, 4.69) is 10.6 Å². The van der Waals surface area contributed by atoms with Crippen molar-refractivity contribution in [2.45, 2.75) is 13.0 Å². The number of hydrogen-bond donors (Lipinski definition) is 2. The maximum Gasteiger partial charge on any atom is 0.246 e. The second-order valence-corrected chi connectivity index (χ2v) is 6.69. The van der Waals surface area contributed by atoms with Crippen LogP contribution in [0.4, 0.5) is 11.4 Å². The summed E-state index contributed by atoms with van der Waals surface area (Å²) in [5, 5.41) is 5.93. The molecule has 0 aromatic heterocycles. The molecule has 1 aliphatic carbocycles. The van der Waals surface area contributed by atoms with Crippen LogP contribution in [0.2, 0.25) is 0 Å². The van der Waals surface area contributed by atoms with Crippen molar-refractivity contribution in [2.24, 2.45) is 0 Å². The summed E-state index contributed by atoms with van der Waals surface area (Å²) in [4.78, 5) is 37.9. The lowest BCUT2D eigenvalue weighted by Crippen LogP contribution is -2.32. The topological polar surface area (TPSA) is 75.3 Å². The van der Waals surface area contributed by atoms with Crippen LogP contribution in [0.3, 0.4) is 0 Å². The van der Waals surface area contributed by atoms with Crippen molar-refractivity contribution in [3.63, 3.8) is 0 Å². The van der Waals surface area contributed by atoms with Crippen molar-refractivity contribution in [1.29, 1.82) is 0 Å². The number of ketones is 2. The molecule has 1 amide bonds. The van der Waals surface area contributed by atoms with Gasteiger partial charge in [0.05, 0.1) is 0 Å². The predicted octanol–water partition coefficient (Wildman–Crippen LogP) is 3.90. The van der Waals surface area contributed by atoms with Gasteiger partial charge in [-0.2, -0.15) is 0 Å². The Morgan fingerprint density at radius 2 is 1.29 bits per heavy atom. The van der Waals surface area contributed by atoms with E-state index in [-0.39, 0.29) is 17.5 Å². The van der Waals surface area contributed by atoms with E-state index in [9.17, 15) is 14.4 Å². The molecule has 1 atom stereocenters. The molecule has 4 rings (SSSR count). The number of fused-ring (bicyclic) bond motifs is 2. The van der Waals surface area contributed by atoms with Crippen molar-refractivity contribution >= 4 is 28.8 Å². The lowest BCUT2D eigenvalue weighted by molar-refractivity contribution is -0.116. The van der Waals surface area contributed by atoms with Gasteiger partial charge in [-0.25, -0.2) is 0 Å². The van der Waals surface area contributed by atoms with E-state index in [1.165, 1.54) is 0 Å². The smallest absolute Gasteiger partial charge is 0.246 e. The Bertz CT molecular complexity index is 1090. The molecule has 0 fully saturated rings. The Morgan fingerprint density at radius 3 is 1.96 bits per heavy atom. The van der Waals surface area contributed by atoms with Crippen LogP contribution in [0.25, 0.3) is 0 Å². The molecular formula is C23H18N2O3. The highest BCUT2D eigenvalue weighted by molar-refractivity contribution is 6.28. The first-order chi connectivity index (χ1) is 13.5. The number of hydrogen-bond acceptors (Lipinski definition) is 4. The van der Waals surface area contributed by atoms with Gasteiger partial charge in [0.25, 0.3) is 0 Å². The molecule has 0 aliphatic heterocycles. The van der Waals surface area contributed by atoms with E-state index < -0.39 is 6.04 Å². The zero-order chi connectivity index (χ0) is 19.7. The van der Waals surface area contributed by atoms with Gasteiger partial charge in [0, 0.05) is 33.6 Å². The van der Waals surface area contributed by atoms with Crippen molar-refractivity contribution in [3.8, 4) is 0 Å². The highest BCUT2D eigenvalue weighted by Gasteiger charge is 2.29. The number of rotatable bonds is 4. The molecular weight excluding hydrogens is 352 g/mol. The molecule has 3 aromatic rings. The molecule has 0 radical (unpaired) electrons. The molecule has 0 bridgehead atoms. The first kappa shape index (κ1) is 17.7. The quantitative estimate of drug-likeness (QED) is 0.571. The van der Waals surface area contributed by atoms with Crippen LogP contribution in [0.5, 0.6) is 0 Å². The Labute approximate surface area is 162 Å². The van der Waals surface area contributed by atoms with E-state index in [0.717, 1.165) is 5.69 Å². The number of amides is 1. The predicted molar refractivity (Wildman–Crippen MR) is 108 cm³/mol. The zero-order valence-corrected chi connectivity index (χ0v) is 15.2. The van der Waals surface area contributed by atoms with Crippen LogP contribution in [-0.4, -0.2) is 23.5 Å². The monoisotopic (exact) mass is 370 g/mol. The first-order valence-electron chi connectivity index (χ1n) is 8.99.